The van der Waals surface area contributed by atoms with Gasteiger partial charge in [-0.2, -0.15) is 0 Å². The van der Waals surface area contributed by atoms with Crippen molar-refractivity contribution in [3.05, 3.63) is 42.2 Å². The molecule has 0 amide bonds. The van der Waals surface area contributed by atoms with Crippen molar-refractivity contribution in [3.63, 3.8) is 0 Å². The minimum absolute atomic E-state index is 0.0125. The number of nitrogens with zero attached hydrogens (tertiary/aromatic N) is 1. The van der Waals surface area contributed by atoms with Crippen molar-refractivity contribution in [3.8, 4) is 0 Å². The van der Waals surface area contributed by atoms with E-state index in [1.165, 1.54) is 82.2 Å². The number of hydrogen-bond acceptors (Lipinski definition) is 1. The second kappa shape index (κ2) is 12.8. The molecule has 3 N–H and O–H groups in total. The van der Waals surface area contributed by atoms with E-state index < -0.39 is 8.07 Å². The first-order valence-corrected chi connectivity index (χ1v) is 16.5. The van der Waals surface area contributed by atoms with Gasteiger partial charge in [-0.05, 0) is 43.2 Å². The van der Waals surface area contributed by atoms with Crippen LogP contribution in [0.25, 0.3) is 0 Å². The van der Waals surface area contributed by atoms with Gasteiger partial charge in [0.25, 0.3) is 0 Å². The van der Waals surface area contributed by atoms with Gasteiger partial charge in [0.2, 0.25) is 0 Å². The van der Waals surface area contributed by atoms with Crippen molar-refractivity contribution >= 4 is 8.07 Å². The maximum absolute atomic E-state index is 4.82. The van der Waals surface area contributed by atoms with E-state index in [0.717, 1.165) is 12.3 Å². The van der Waals surface area contributed by atoms with Crippen LogP contribution in [0.3, 0.4) is 0 Å². The second-order valence-electron chi connectivity index (χ2n) is 11.2. The van der Waals surface area contributed by atoms with Gasteiger partial charge in [-0.3, -0.25) is 4.98 Å². The van der Waals surface area contributed by atoms with Gasteiger partial charge in [0.05, 0.1) is 0 Å². The van der Waals surface area contributed by atoms with Crippen LogP contribution in [0.15, 0.2) is 36.7 Å². The van der Waals surface area contributed by atoms with E-state index >= 15 is 0 Å². The van der Waals surface area contributed by atoms with Crippen LogP contribution < -0.4 is 5.73 Å². The highest BCUT2D eigenvalue weighted by Crippen LogP contribution is 2.33. The van der Waals surface area contributed by atoms with Crippen molar-refractivity contribution in [1.29, 1.82) is 0 Å². The highest BCUT2D eigenvalue weighted by molar-refractivity contribution is 6.76. The fourth-order valence-electron chi connectivity index (χ4n) is 5.31. The number of quaternary nitrogens is 1. The third-order valence-corrected chi connectivity index (χ3v) is 8.78. The topological polar surface area (TPSA) is 40.5 Å². The molecule has 1 heterocycles. The lowest BCUT2D eigenvalue weighted by molar-refractivity contribution is -0.492. The Kier molecular flexibility index (Phi) is 10.8. The third-order valence-electron chi connectivity index (χ3n) is 7.03. The lowest BCUT2D eigenvalue weighted by Gasteiger charge is -2.30. The molecule has 0 spiro atoms. The van der Waals surface area contributed by atoms with Crippen LogP contribution in [-0.4, -0.2) is 13.1 Å². The Morgan fingerprint density at radius 2 is 1.93 bits per heavy atom. The molecule has 1 aromatic heterocycles. The first-order chi connectivity index (χ1) is 14.3. The summed E-state index contributed by atoms with van der Waals surface area (Å²) >= 11 is 0. The molecule has 2 nitrogen and oxygen atoms in total. The van der Waals surface area contributed by atoms with Gasteiger partial charge in [-0.25, -0.2) is 0 Å². The minimum atomic E-state index is -1.08. The number of rotatable bonds is 13. The Balaban J connectivity index is 1.97. The summed E-state index contributed by atoms with van der Waals surface area (Å²) in [6.45, 7) is 9.76. The van der Waals surface area contributed by atoms with Crippen LogP contribution >= 0.6 is 0 Å². The molecule has 0 radical (unpaired) electrons. The standard InChI is InChI=1S/C27H48N2Si/c1-5-6-13-25(23-30(2,3)4)18-20-27(28,26-17-12-21-29-22-26)19-11-10-16-24-14-8-7-9-15-24/h6,12-13,17,21-22,24-25H,5,7-11,14-16,18-20,23,28H2,1-4H3/p+1/b13-6+. The summed E-state index contributed by atoms with van der Waals surface area (Å²) < 4.78 is 0. The normalized spacial score (nSPS) is 19.1. The van der Waals surface area contributed by atoms with Crippen LogP contribution in [-0.2, 0) is 5.54 Å². The Labute approximate surface area is 188 Å². The maximum atomic E-state index is 4.82. The fraction of sp³-hybridized carbons (Fsp3) is 0.741. The SMILES string of the molecule is CC/C=C/C(CCC([NH3+])(CCCCC1CCCCC1)c1cccnc1)C[Si](C)(C)C. The van der Waals surface area contributed by atoms with Crippen molar-refractivity contribution in [2.45, 2.75) is 115 Å². The molecule has 1 aromatic rings. The van der Waals surface area contributed by atoms with Gasteiger partial charge in [0.1, 0.15) is 5.54 Å². The molecule has 1 fully saturated rings. The zero-order chi connectivity index (χ0) is 21.9. The van der Waals surface area contributed by atoms with Crippen LogP contribution in [0.4, 0.5) is 0 Å². The van der Waals surface area contributed by atoms with Crippen molar-refractivity contribution in [2.75, 3.05) is 0 Å². The van der Waals surface area contributed by atoms with Crippen molar-refractivity contribution in [2.24, 2.45) is 11.8 Å². The first kappa shape index (κ1) is 25.3. The molecule has 3 heteroatoms. The number of hydrogen-bond donors (Lipinski definition) is 1. The van der Waals surface area contributed by atoms with E-state index in [0.29, 0.717) is 5.92 Å². The van der Waals surface area contributed by atoms with Gasteiger partial charge < -0.3 is 5.73 Å². The van der Waals surface area contributed by atoms with E-state index in [1.54, 1.807) is 0 Å². The van der Waals surface area contributed by atoms with Crippen molar-refractivity contribution < 1.29 is 5.73 Å². The molecule has 2 atom stereocenters. The number of aromatic nitrogens is 1. The molecular weight excluding hydrogens is 380 g/mol. The Hall–Kier alpha value is -0.933. The molecule has 0 aromatic carbocycles. The molecule has 30 heavy (non-hydrogen) atoms. The highest BCUT2D eigenvalue weighted by Gasteiger charge is 2.32. The minimum Gasteiger partial charge on any atom is -0.349 e. The smallest absolute Gasteiger partial charge is 0.122 e. The summed E-state index contributed by atoms with van der Waals surface area (Å²) in [6, 6.07) is 5.73. The molecule has 0 aliphatic heterocycles. The monoisotopic (exact) mass is 429 g/mol. The molecule has 1 aliphatic rings. The zero-order valence-corrected chi connectivity index (χ0v) is 21.5. The van der Waals surface area contributed by atoms with E-state index in [4.69, 9.17) is 5.73 Å². The molecule has 170 valence electrons. The molecular formula is C27H49N2Si+. The van der Waals surface area contributed by atoms with E-state index in [9.17, 15) is 0 Å². The van der Waals surface area contributed by atoms with Crippen molar-refractivity contribution in [1.82, 2.24) is 4.98 Å². The maximum Gasteiger partial charge on any atom is 0.122 e. The van der Waals surface area contributed by atoms with Gasteiger partial charge in [-0.15, -0.1) is 0 Å². The Bertz CT molecular complexity index is 601. The Morgan fingerprint density at radius 3 is 2.57 bits per heavy atom. The molecule has 0 saturated heterocycles. The summed E-state index contributed by atoms with van der Waals surface area (Å²) in [7, 11) is -1.08. The van der Waals surface area contributed by atoms with Gasteiger partial charge in [0.15, 0.2) is 0 Å². The van der Waals surface area contributed by atoms with E-state index in [2.05, 4.69) is 62.0 Å². The van der Waals surface area contributed by atoms with Gasteiger partial charge in [-0.1, -0.05) is 89.7 Å². The predicted octanol–water partition coefficient (Wildman–Crippen LogP) is 7.36. The molecule has 2 rings (SSSR count). The fourth-order valence-corrected chi connectivity index (χ4v) is 7.22. The van der Waals surface area contributed by atoms with E-state index in [1.807, 2.05) is 6.20 Å². The summed E-state index contributed by atoms with van der Waals surface area (Å²) in [5.74, 6) is 1.70. The van der Waals surface area contributed by atoms with Gasteiger partial charge in [0, 0.05) is 38.9 Å². The number of unbranched alkanes of at least 4 members (excludes halogenated alkanes) is 1. The summed E-state index contributed by atoms with van der Waals surface area (Å²) in [5.41, 5.74) is 6.17. The molecule has 0 bridgehead atoms. The van der Waals surface area contributed by atoms with Crippen LogP contribution in [0.1, 0.15) is 89.5 Å². The van der Waals surface area contributed by atoms with E-state index in [-0.39, 0.29) is 5.54 Å². The Morgan fingerprint density at radius 1 is 1.17 bits per heavy atom. The third kappa shape index (κ3) is 9.47. The molecule has 2 unspecified atom stereocenters. The highest BCUT2D eigenvalue weighted by atomic mass is 28.3. The number of pyridine rings is 1. The largest absolute Gasteiger partial charge is 0.349 e. The average molecular weight is 430 g/mol. The predicted molar refractivity (Wildman–Crippen MR) is 134 cm³/mol. The second-order valence-corrected chi connectivity index (χ2v) is 16.7. The summed E-state index contributed by atoms with van der Waals surface area (Å²) in [5, 5.41) is 0. The molecule has 1 saturated carbocycles. The lowest BCUT2D eigenvalue weighted by Crippen LogP contribution is -2.70. The summed E-state index contributed by atoms with van der Waals surface area (Å²) in [6.07, 6.45) is 25.0. The first-order valence-electron chi connectivity index (χ1n) is 12.7. The van der Waals surface area contributed by atoms with Gasteiger partial charge >= 0.3 is 0 Å². The van der Waals surface area contributed by atoms with Crippen LogP contribution in [0.5, 0.6) is 0 Å². The number of allylic oxidation sites excluding steroid dienone is 2. The van der Waals surface area contributed by atoms with Crippen LogP contribution in [0.2, 0.25) is 25.7 Å². The average Bonchev–Trinajstić information content (AvgIpc) is 2.74. The lowest BCUT2D eigenvalue weighted by atomic mass is 9.79. The molecule has 1 aliphatic carbocycles. The summed E-state index contributed by atoms with van der Waals surface area (Å²) in [4.78, 5) is 4.44. The zero-order valence-electron chi connectivity index (χ0n) is 20.5. The quantitative estimate of drug-likeness (QED) is 0.198. The van der Waals surface area contributed by atoms with Crippen LogP contribution in [0, 0.1) is 11.8 Å².